The molecule has 1 aromatic rings. The molecule has 0 radical (unpaired) electrons. The van der Waals surface area contributed by atoms with Crippen molar-refractivity contribution in [2.45, 2.75) is 26.2 Å². The second-order valence-electron chi connectivity index (χ2n) is 4.14. The maximum atomic E-state index is 11.9. The van der Waals surface area contributed by atoms with E-state index in [2.05, 4.69) is 0 Å². The van der Waals surface area contributed by atoms with Crippen molar-refractivity contribution in [2.24, 2.45) is 0 Å². The molecule has 1 saturated heterocycles. The number of nitrogens with zero attached hydrogens (tertiary/aromatic N) is 1. The van der Waals surface area contributed by atoms with Gasteiger partial charge in [-0.25, -0.2) is 0 Å². The van der Waals surface area contributed by atoms with E-state index in [0.717, 1.165) is 11.1 Å². The van der Waals surface area contributed by atoms with Crippen LogP contribution < -0.4 is 0 Å². The first-order valence-corrected chi connectivity index (χ1v) is 5.54. The Morgan fingerprint density at radius 1 is 1.25 bits per heavy atom. The summed E-state index contributed by atoms with van der Waals surface area (Å²) < 4.78 is 0. The lowest BCUT2D eigenvalue weighted by molar-refractivity contribution is -0.138. The Bertz CT molecular complexity index is 422. The molecule has 3 nitrogen and oxygen atoms in total. The van der Waals surface area contributed by atoms with E-state index in [1.807, 2.05) is 38.1 Å². The molecule has 0 N–H and O–H groups in total. The van der Waals surface area contributed by atoms with Crippen molar-refractivity contribution in [3.05, 3.63) is 35.4 Å². The summed E-state index contributed by atoms with van der Waals surface area (Å²) in [6.45, 7) is 4.30. The third-order valence-corrected chi connectivity index (χ3v) is 3.04. The Hall–Kier alpha value is -1.64. The van der Waals surface area contributed by atoms with E-state index < -0.39 is 0 Å². The van der Waals surface area contributed by atoms with E-state index >= 15 is 0 Å². The lowest BCUT2D eigenvalue weighted by Crippen LogP contribution is -2.29. The fraction of sp³-hybridized carbons (Fsp3) is 0.385. The van der Waals surface area contributed by atoms with Gasteiger partial charge in [0.15, 0.2) is 0 Å². The van der Waals surface area contributed by atoms with E-state index in [1.54, 1.807) is 0 Å². The summed E-state index contributed by atoms with van der Waals surface area (Å²) >= 11 is 0. The summed E-state index contributed by atoms with van der Waals surface area (Å²) in [7, 11) is 0. The van der Waals surface area contributed by atoms with Gasteiger partial charge in [-0.3, -0.25) is 14.5 Å². The molecule has 16 heavy (non-hydrogen) atoms. The molecule has 1 unspecified atom stereocenters. The first kappa shape index (κ1) is 10.9. The summed E-state index contributed by atoms with van der Waals surface area (Å²) in [6, 6.07) is 7.82. The Morgan fingerprint density at radius 2 is 1.88 bits per heavy atom. The number of hydrogen-bond acceptors (Lipinski definition) is 2. The number of carbonyl (C=O) groups excluding carboxylic acids is 2. The average Bonchev–Trinajstić information content (AvgIpc) is 2.55. The van der Waals surface area contributed by atoms with Crippen molar-refractivity contribution >= 4 is 11.8 Å². The first-order chi connectivity index (χ1) is 7.63. The summed E-state index contributed by atoms with van der Waals surface area (Å²) in [5, 5.41) is 0. The topological polar surface area (TPSA) is 37.4 Å². The van der Waals surface area contributed by atoms with Crippen molar-refractivity contribution in [2.75, 3.05) is 6.54 Å². The molecule has 0 bridgehead atoms. The van der Waals surface area contributed by atoms with Crippen molar-refractivity contribution < 1.29 is 9.59 Å². The second kappa shape index (κ2) is 4.08. The predicted octanol–water partition coefficient (Wildman–Crippen LogP) is 1.86. The zero-order valence-electron chi connectivity index (χ0n) is 9.56. The summed E-state index contributed by atoms with van der Waals surface area (Å²) in [6.07, 6.45) is 0.315. The standard InChI is InChI=1S/C13H15NO2/c1-3-14-12(15)8-11(13(14)16)10-6-4-9(2)5-7-10/h4-7,11H,3,8H2,1-2H3. The normalized spacial score (nSPS) is 20.6. The van der Waals surface area contributed by atoms with E-state index in [4.69, 9.17) is 0 Å². The minimum Gasteiger partial charge on any atom is -0.282 e. The van der Waals surface area contributed by atoms with Gasteiger partial charge in [-0.05, 0) is 19.4 Å². The van der Waals surface area contributed by atoms with Crippen LogP contribution in [0.2, 0.25) is 0 Å². The largest absolute Gasteiger partial charge is 0.282 e. The van der Waals surface area contributed by atoms with Gasteiger partial charge in [-0.15, -0.1) is 0 Å². The monoisotopic (exact) mass is 217 g/mol. The van der Waals surface area contributed by atoms with Crippen LogP contribution in [0.25, 0.3) is 0 Å². The fourth-order valence-corrected chi connectivity index (χ4v) is 2.07. The summed E-state index contributed by atoms with van der Waals surface area (Å²) in [5.41, 5.74) is 2.10. The highest BCUT2D eigenvalue weighted by atomic mass is 16.2. The zero-order chi connectivity index (χ0) is 11.7. The molecule has 0 saturated carbocycles. The number of carbonyl (C=O) groups is 2. The van der Waals surface area contributed by atoms with Gasteiger partial charge in [0.2, 0.25) is 11.8 Å². The van der Waals surface area contributed by atoms with E-state index in [1.165, 1.54) is 4.90 Å². The Labute approximate surface area is 95.1 Å². The molecule has 84 valence electrons. The zero-order valence-corrected chi connectivity index (χ0v) is 9.56. The van der Waals surface area contributed by atoms with Crippen LogP contribution in [0.15, 0.2) is 24.3 Å². The SMILES string of the molecule is CCN1C(=O)CC(c2ccc(C)cc2)C1=O. The van der Waals surface area contributed by atoms with Crippen LogP contribution in [0.4, 0.5) is 0 Å². The average molecular weight is 217 g/mol. The molecule has 0 aromatic heterocycles. The van der Waals surface area contributed by atoms with Crippen molar-refractivity contribution in [3.63, 3.8) is 0 Å². The van der Waals surface area contributed by atoms with E-state index in [0.29, 0.717) is 13.0 Å². The fourth-order valence-electron chi connectivity index (χ4n) is 2.07. The van der Waals surface area contributed by atoms with Crippen LogP contribution >= 0.6 is 0 Å². The van der Waals surface area contributed by atoms with Gasteiger partial charge < -0.3 is 0 Å². The Kier molecular flexibility index (Phi) is 2.77. The highest BCUT2D eigenvalue weighted by molar-refractivity contribution is 6.06. The molecule has 0 aliphatic carbocycles. The number of likely N-dealkylation sites (N-methyl/N-ethyl adjacent to an activating group) is 1. The van der Waals surface area contributed by atoms with Crippen LogP contribution in [0.5, 0.6) is 0 Å². The minimum atomic E-state index is -0.270. The number of rotatable bonds is 2. The molecule has 0 spiro atoms. The van der Waals surface area contributed by atoms with Gasteiger partial charge >= 0.3 is 0 Å². The van der Waals surface area contributed by atoms with Crippen LogP contribution in [-0.4, -0.2) is 23.3 Å². The van der Waals surface area contributed by atoms with Crippen LogP contribution in [0, 0.1) is 6.92 Å². The van der Waals surface area contributed by atoms with Crippen LogP contribution in [-0.2, 0) is 9.59 Å². The van der Waals surface area contributed by atoms with Gasteiger partial charge in [0.25, 0.3) is 0 Å². The molecule has 3 heteroatoms. The van der Waals surface area contributed by atoms with Crippen molar-refractivity contribution in [3.8, 4) is 0 Å². The van der Waals surface area contributed by atoms with Gasteiger partial charge in [0.1, 0.15) is 0 Å². The molecule has 2 rings (SSSR count). The van der Waals surface area contributed by atoms with E-state index in [9.17, 15) is 9.59 Å². The Balaban J connectivity index is 2.27. The smallest absolute Gasteiger partial charge is 0.237 e. The van der Waals surface area contributed by atoms with Gasteiger partial charge in [0, 0.05) is 13.0 Å². The molecule has 1 aliphatic rings. The number of amides is 2. The van der Waals surface area contributed by atoms with Crippen molar-refractivity contribution in [1.29, 1.82) is 0 Å². The molecular formula is C13H15NO2. The third-order valence-electron chi connectivity index (χ3n) is 3.04. The highest BCUT2D eigenvalue weighted by Crippen LogP contribution is 2.29. The molecule has 1 heterocycles. The number of aryl methyl sites for hydroxylation is 1. The summed E-state index contributed by atoms with van der Waals surface area (Å²) in [5.74, 6) is -0.387. The molecule has 1 fully saturated rings. The quantitative estimate of drug-likeness (QED) is 0.709. The maximum Gasteiger partial charge on any atom is 0.237 e. The number of benzene rings is 1. The first-order valence-electron chi connectivity index (χ1n) is 5.54. The third kappa shape index (κ3) is 1.73. The lowest BCUT2D eigenvalue weighted by atomic mass is 9.97. The number of hydrogen-bond donors (Lipinski definition) is 0. The highest BCUT2D eigenvalue weighted by Gasteiger charge is 2.38. The number of likely N-dealkylation sites (tertiary alicyclic amines) is 1. The van der Waals surface area contributed by atoms with Crippen molar-refractivity contribution in [1.82, 2.24) is 4.90 Å². The molecule has 1 aromatic carbocycles. The lowest BCUT2D eigenvalue weighted by Gasteiger charge is -2.12. The van der Waals surface area contributed by atoms with Gasteiger partial charge in [-0.2, -0.15) is 0 Å². The van der Waals surface area contributed by atoms with Gasteiger partial charge in [0.05, 0.1) is 5.92 Å². The molecule has 1 aliphatic heterocycles. The number of imide groups is 1. The van der Waals surface area contributed by atoms with E-state index in [-0.39, 0.29) is 17.7 Å². The second-order valence-corrected chi connectivity index (χ2v) is 4.14. The predicted molar refractivity (Wildman–Crippen MR) is 60.9 cm³/mol. The molecule has 1 atom stereocenters. The molecule has 2 amide bonds. The minimum absolute atomic E-state index is 0.0573. The summed E-state index contributed by atoms with van der Waals surface area (Å²) in [4.78, 5) is 24.8. The maximum absolute atomic E-state index is 11.9. The van der Waals surface area contributed by atoms with Gasteiger partial charge in [-0.1, -0.05) is 29.8 Å². The Morgan fingerprint density at radius 3 is 2.38 bits per heavy atom. The van der Waals surface area contributed by atoms with Crippen LogP contribution in [0.1, 0.15) is 30.4 Å². The molecular weight excluding hydrogens is 202 g/mol. The van der Waals surface area contributed by atoms with Crippen LogP contribution in [0.3, 0.4) is 0 Å².